The van der Waals surface area contributed by atoms with Crippen LogP contribution in [0.4, 0.5) is 0 Å². The molecule has 0 N–H and O–H groups in total. The monoisotopic (exact) mass is 1600 g/mol. The van der Waals surface area contributed by atoms with Gasteiger partial charge in [-0.1, -0.05) is 319 Å². The maximum absolute atomic E-state index is 4.97. The fraction of sp³-hybridized carbons (Fsp3) is 0.309. The van der Waals surface area contributed by atoms with E-state index in [0.717, 1.165) is 122 Å². The molecule has 12 nitrogen and oxygen atoms in total. The van der Waals surface area contributed by atoms with Crippen LogP contribution < -0.4 is 0 Å². The lowest BCUT2D eigenvalue weighted by atomic mass is 9.81. The van der Waals surface area contributed by atoms with E-state index in [1.807, 2.05) is 20.8 Å². The van der Waals surface area contributed by atoms with Crippen LogP contribution in [0.5, 0.6) is 0 Å². The molecule has 616 valence electrons. The summed E-state index contributed by atoms with van der Waals surface area (Å²) in [6.07, 6.45) is 3.83. The van der Waals surface area contributed by atoms with E-state index in [2.05, 4.69) is 384 Å². The topological polar surface area (TPSA) is 155 Å². The Bertz CT molecular complexity index is 7030. The average molecular weight is 1610 g/mol. The number of fused-ring (bicyclic) bond motifs is 20. The van der Waals surface area contributed by atoms with Gasteiger partial charge in [0.05, 0.1) is 50.5 Å². The first-order valence-corrected chi connectivity index (χ1v) is 43.1. The highest BCUT2D eigenvalue weighted by Crippen LogP contribution is 2.42. The van der Waals surface area contributed by atoms with E-state index in [1.165, 1.54) is 126 Å². The summed E-state index contributed by atoms with van der Waals surface area (Å²) in [5.41, 5.74) is 21.7. The van der Waals surface area contributed by atoms with Crippen molar-refractivity contribution >= 4 is 108 Å². The lowest BCUT2D eigenvalue weighted by Crippen LogP contribution is -2.22. The van der Waals surface area contributed by atoms with Crippen molar-refractivity contribution in [3.05, 3.63) is 332 Å². The molecule has 2 aliphatic rings. The Morgan fingerprint density at radius 1 is 0.213 bits per heavy atom. The molecule has 20 rings (SSSR count). The third-order valence-electron chi connectivity index (χ3n) is 23.2. The molecule has 0 unspecified atom stereocenters. The largest absolute Gasteiger partial charge is 0.238 e. The number of hydrogen-bond acceptors (Lipinski definition) is 12. The Labute approximate surface area is 720 Å². The molecule has 18 aromatic rings. The van der Waals surface area contributed by atoms with E-state index in [-0.39, 0.29) is 32.5 Å². The maximum Gasteiger partial charge on any atom is 0.134 e. The summed E-state index contributed by atoms with van der Waals surface area (Å²) in [4.78, 5) is 57.0. The van der Waals surface area contributed by atoms with Crippen LogP contribution in [-0.2, 0) is 58.2 Å². The quantitative estimate of drug-likeness (QED) is 0.105. The van der Waals surface area contributed by atoms with Crippen LogP contribution in [0.25, 0.3) is 108 Å². The molecule has 0 saturated carbocycles. The molecule has 12 aromatic carbocycles. The lowest BCUT2D eigenvalue weighted by Gasteiger charge is -2.27. The minimum Gasteiger partial charge on any atom is -0.238 e. The van der Waals surface area contributed by atoms with Crippen LogP contribution in [0.1, 0.15) is 239 Å². The van der Waals surface area contributed by atoms with Gasteiger partial charge in [0.1, 0.15) is 34.9 Å². The van der Waals surface area contributed by atoms with E-state index in [4.69, 9.17) is 39.9 Å². The van der Waals surface area contributed by atoms with Crippen LogP contribution in [0, 0.1) is 41.5 Å². The van der Waals surface area contributed by atoms with Gasteiger partial charge in [0.25, 0.3) is 0 Å². The van der Waals surface area contributed by atoms with Crippen molar-refractivity contribution in [2.75, 3.05) is 0 Å². The SMILES string of the molecule is Cc1nc(C(C)(C)C)c2c3ccccc3c3ccccc3c2n1.Cc1nc(C(C)(C)C)c2cc3ccccc3cc2n1.Cc1nc(C(C)(C)C)nc2c1Cc1ccccc1C2.Cc1nc(C(C)(C)C)nc2c3ccccc3c3ccccc3c12.Cc1nc(C(C)(C)C)nc2cc3ccccc3cc12.Cc1nc2c(c(C(C)(C)C)n1)Cc1ccccc1C2. The fourth-order valence-corrected chi connectivity index (χ4v) is 17.0. The summed E-state index contributed by atoms with van der Waals surface area (Å²) < 4.78 is 0. The first-order chi connectivity index (χ1) is 57.7. The molecule has 6 aromatic heterocycles. The second-order valence-corrected chi connectivity index (χ2v) is 39.4. The van der Waals surface area contributed by atoms with Gasteiger partial charge in [-0.2, -0.15) is 0 Å². The van der Waals surface area contributed by atoms with Gasteiger partial charge in [-0.05, 0) is 147 Å². The minimum absolute atomic E-state index is 0.0107. The van der Waals surface area contributed by atoms with Crippen molar-refractivity contribution in [2.24, 2.45) is 0 Å². The Morgan fingerprint density at radius 2 is 0.541 bits per heavy atom. The Morgan fingerprint density at radius 3 is 1.02 bits per heavy atom. The van der Waals surface area contributed by atoms with Crippen LogP contribution >= 0.6 is 0 Å². The molecule has 2 aliphatic carbocycles. The summed E-state index contributed by atoms with van der Waals surface area (Å²) in [5, 5.41) is 19.6. The molecule has 0 atom stereocenters. The highest BCUT2D eigenvalue weighted by atomic mass is 14.9. The highest BCUT2D eigenvalue weighted by molar-refractivity contribution is 6.26. The molecule has 0 amide bonds. The molecule has 0 fully saturated rings. The summed E-state index contributed by atoms with van der Waals surface area (Å²) in [7, 11) is 0. The highest BCUT2D eigenvalue weighted by Gasteiger charge is 2.30. The number of nitrogens with zero attached hydrogens (tertiary/aromatic N) is 12. The Kier molecular flexibility index (Phi) is 22.9. The van der Waals surface area contributed by atoms with Gasteiger partial charge < -0.3 is 0 Å². The van der Waals surface area contributed by atoms with E-state index >= 15 is 0 Å². The van der Waals surface area contributed by atoms with Crippen molar-refractivity contribution in [3.8, 4) is 0 Å². The number of aromatic nitrogens is 12. The van der Waals surface area contributed by atoms with Gasteiger partial charge in [-0.25, -0.2) is 59.8 Å². The molecule has 0 saturated heterocycles. The summed E-state index contributed by atoms with van der Waals surface area (Å²) in [5.74, 6) is 5.34. The molecule has 0 radical (unpaired) electrons. The predicted molar refractivity (Wildman–Crippen MR) is 512 cm³/mol. The summed E-state index contributed by atoms with van der Waals surface area (Å²) in [6.45, 7) is 51.6. The van der Waals surface area contributed by atoms with Gasteiger partial charge in [0.2, 0.25) is 0 Å². The molecular weight excluding hydrogens is 1490 g/mol. The van der Waals surface area contributed by atoms with E-state index < -0.39 is 0 Å². The summed E-state index contributed by atoms with van der Waals surface area (Å²) >= 11 is 0. The lowest BCUT2D eigenvalue weighted by molar-refractivity contribution is 0.537. The minimum atomic E-state index is -0.0638. The van der Waals surface area contributed by atoms with Crippen LogP contribution in [-0.4, -0.2) is 59.8 Å². The molecule has 0 bridgehead atoms. The number of benzene rings is 12. The molecule has 12 heteroatoms. The van der Waals surface area contributed by atoms with Crippen LogP contribution in [0.3, 0.4) is 0 Å². The number of aryl methyl sites for hydroxylation is 6. The van der Waals surface area contributed by atoms with Crippen LogP contribution in [0.15, 0.2) is 218 Å². The van der Waals surface area contributed by atoms with Crippen molar-refractivity contribution < 1.29 is 0 Å². The molecular formula is C110H116N12. The Balaban J connectivity index is 0.000000114. The number of rotatable bonds is 0. The summed E-state index contributed by atoms with van der Waals surface area (Å²) in [6, 6.07) is 77.1. The second-order valence-electron chi connectivity index (χ2n) is 39.4. The predicted octanol–water partition coefficient (Wildman–Crippen LogP) is 27.0. The second kappa shape index (κ2) is 32.9. The van der Waals surface area contributed by atoms with Crippen molar-refractivity contribution in [2.45, 2.75) is 224 Å². The maximum atomic E-state index is 4.97. The van der Waals surface area contributed by atoms with Crippen LogP contribution in [0.2, 0.25) is 0 Å². The van der Waals surface area contributed by atoms with E-state index in [1.54, 1.807) is 0 Å². The zero-order valence-corrected chi connectivity index (χ0v) is 76.0. The van der Waals surface area contributed by atoms with Crippen molar-refractivity contribution in [1.82, 2.24) is 59.8 Å². The van der Waals surface area contributed by atoms with Gasteiger partial charge in [0, 0.05) is 113 Å². The zero-order chi connectivity index (χ0) is 86.9. The zero-order valence-electron chi connectivity index (χ0n) is 76.0. The Hall–Kier alpha value is -12.3. The van der Waals surface area contributed by atoms with E-state index in [0.29, 0.717) is 0 Å². The van der Waals surface area contributed by atoms with Crippen molar-refractivity contribution in [1.29, 1.82) is 0 Å². The first-order valence-electron chi connectivity index (χ1n) is 43.1. The van der Waals surface area contributed by atoms with Gasteiger partial charge >= 0.3 is 0 Å². The average Bonchev–Trinajstić information content (AvgIpc) is 0.732. The first kappa shape index (κ1) is 84.7. The molecule has 0 spiro atoms. The van der Waals surface area contributed by atoms with Gasteiger partial charge in [0.15, 0.2) is 0 Å². The standard InChI is InChI=1S/2C21H20N2.C17H20N2.C17H18N2.C17H20N2.C17H18N2/c1-13-22-19-17-12-8-6-10-15(17)14-9-5-7-11-16(14)18(19)20(23-13)21(2,3)4;1-13-18-16-11-7-5-9-14(16)15-10-6-8-12-17(15)19(18)23-20(22-13)21(2,3)4;2*1-11-18-15-10-13-8-6-5-7-12(13)9-14(15)16(19-11)17(2,3)4;2*1-11-14-9-12-7-5-6-8-13(12)10-15(14)19-16(18-11)17(2,3)4/h2*5-12H,1-4H3;5-8H,9-10H2,1-4H3;5-10H,1-4H3;5-8H,9-10H2,1-4H3;5-10H,1-4H3. The van der Waals surface area contributed by atoms with Crippen molar-refractivity contribution in [3.63, 3.8) is 0 Å². The molecule has 6 heterocycles. The number of hydrogen-bond donors (Lipinski definition) is 0. The smallest absolute Gasteiger partial charge is 0.134 e. The molecule has 122 heavy (non-hydrogen) atoms. The molecule has 0 aliphatic heterocycles. The van der Waals surface area contributed by atoms with Gasteiger partial charge in [-0.15, -0.1) is 0 Å². The van der Waals surface area contributed by atoms with E-state index in [9.17, 15) is 0 Å². The van der Waals surface area contributed by atoms with Gasteiger partial charge in [-0.3, -0.25) is 0 Å². The normalized spacial score (nSPS) is 12.8. The fourth-order valence-electron chi connectivity index (χ4n) is 17.0. The third kappa shape index (κ3) is 17.6. The third-order valence-corrected chi connectivity index (χ3v) is 23.2.